The summed E-state index contributed by atoms with van der Waals surface area (Å²) in [6.07, 6.45) is 4.32. The highest BCUT2D eigenvalue weighted by molar-refractivity contribution is 6.72. The molecule has 1 aliphatic rings. The van der Waals surface area contributed by atoms with Crippen LogP contribution >= 0.6 is 0 Å². The Hall–Kier alpha value is -3.07. The summed E-state index contributed by atoms with van der Waals surface area (Å²) >= 11 is 0. The van der Waals surface area contributed by atoms with Gasteiger partial charge in [-0.3, -0.25) is 4.79 Å². The molecule has 3 atom stereocenters. The molecule has 3 unspecified atom stereocenters. The maximum absolute atomic E-state index is 13.8. The summed E-state index contributed by atoms with van der Waals surface area (Å²) in [6.45, 7) is 10.6. The predicted octanol–water partition coefficient (Wildman–Crippen LogP) is 9.08. The Morgan fingerprint density at radius 3 is 2.02 bits per heavy atom. The Balaban J connectivity index is 1.49. The molecule has 1 saturated heterocycles. The first-order valence-corrected chi connectivity index (χ1v) is 19.3. The maximum atomic E-state index is 13.8. The van der Waals surface area contributed by atoms with E-state index in [2.05, 4.69) is 48.1 Å². The van der Waals surface area contributed by atoms with Crippen LogP contribution in [0.3, 0.4) is 0 Å². The summed E-state index contributed by atoms with van der Waals surface area (Å²) in [6, 6.07) is 20.5. The number of quaternary nitrogens is 1. The number of carbonyl (C=O) groups is 1. The maximum Gasteiger partial charge on any atom is 0.233 e. The molecule has 0 saturated carbocycles. The van der Waals surface area contributed by atoms with Crippen LogP contribution < -0.4 is 9.64 Å². The number of rotatable bonds is 16. The smallest absolute Gasteiger partial charge is 0.233 e. The minimum absolute atomic E-state index is 0.0130. The van der Waals surface area contributed by atoms with Gasteiger partial charge in [0.15, 0.2) is 8.32 Å². The number of β-lactam (4-membered cyclic amide) rings is 1. The molecule has 0 bridgehead atoms. The molecule has 0 spiro atoms. The number of ether oxygens (including phenoxy) is 1. The van der Waals surface area contributed by atoms with E-state index in [4.69, 9.17) is 9.16 Å². The highest BCUT2D eigenvalue weighted by atomic mass is 28.4. The van der Waals surface area contributed by atoms with Crippen LogP contribution in [0.25, 0.3) is 0 Å². The Kier molecular flexibility index (Phi) is 11.6. The molecule has 1 amide bonds. The van der Waals surface area contributed by atoms with E-state index in [-0.39, 0.29) is 35.6 Å². The average molecular weight is 638 g/mol. The Morgan fingerprint density at radius 1 is 0.844 bits per heavy atom. The van der Waals surface area contributed by atoms with Gasteiger partial charge < -0.3 is 18.5 Å². The van der Waals surface area contributed by atoms with E-state index in [9.17, 15) is 13.6 Å². The number of benzene rings is 3. The van der Waals surface area contributed by atoms with Crippen molar-refractivity contribution in [3.63, 3.8) is 0 Å². The molecule has 3 aromatic rings. The highest BCUT2D eigenvalue weighted by Gasteiger charge is 2.48. The first-order chi connectivity index (χ1) is 21.2. The normalized spacial score (nSPS) is 17.8. The van der Waals surface area contributed by atoms with Gasteiger partial charge in [-0.25, -0.2) is 8.78 Å². The standard InChI is InChI=1S/C37H51F2N2O3Si/c1-27(2)45(6,7)44-35(28-11-15-30(38)16-12-28)24-23-34-36(40(37(34)42)32-19-17-31(39)18-20-32)29-13-21-33(22-14-29)43-26-10-8-9-25-41(3,4)5/h11-22,27,34-36H,8-10,23-26H2,1-7H3/q+1. The van der Waals surface area contributed by atoms with E-state index in [1.54, 1.807) is 29.2 Å². The van der Waals surface area contributed by atoms with E-state index in [0.29, 0.717) is 30.7 Å². The number of unbranched alkanes of at least 4 members (excludes halogenated alkanes) is 2. The van der Waals surface area contributed by atoms with Gasteiger partial charge in [-0.2, -0.15) is 0 Å². The van der Waals surface area contributed by atoms with Gasteiger partial charge in [0.2, 0.25) is 5.91 Å². The van der Waals surface area contributed by atoms with E-state index in [0.717, 1.165) is 40.7 Å². The zero-order chi connectivity index (χ0) is 32.8. The van der Waals surface area contributed by atoms with Crippen LogP contribution in [0.1, 0.15) is 69.2 Å². The summed E-state index contributed by atoms with van der Waals surface area (Å²) in [7, 11) is 4.58. The van der Waals surface area contributed by atoms with Crippen LogP contribution in [0.15, 0.2) is 72.8 Å². The quantitative estimate of drug-likeness (QED) is 0.0681. The molecule has 0 N–H and O–H groups in total. The van der Waals surface area contributed by atoms with Crippen molar-refractivity contribution in [2.45, 2.75) is 76.7 Å². The first kappa shape index (κ1) is 34.8. The summed E-state index contributed by atoms with van der Waals surface area (Å²) in [5, 5.41) is 0. The minimum atomic E-state index is -2.05. The lowest BCUT2D eigenvalue weighted by Gasteiger charge is -2.48. The van der Waals surface area contributed by atoms with Gasteiger partial charge in [-0.1, -0.05) is 38.1 Å². The number of amides is 1. The number of halogens is 2. The summed E-state index contributed by atoms with van der Waals surface area (Å²) in [4.78, 5) is 15.5. The lowest BCUT2D eigenvalue weighted by atomic mass is 9.78. The third-order valence-electron chi connectivity index (χ3n) is 9.10. The first-order valence-electron chi connectivity index (χ1n) is 16.3. The zero-order valence-corrected chi connectivity index (χ0v) is 29.1. The molecule has 4 rings (SSSR count). The third kappa shape index (κ3) is 9.47. The second-order valence-electron chi connectivity index (χ2n) is 14.2. The molecule has 3 aromatic carbocycles. The number of carbonyl (C=O) groups excluding carboxylic acids is 1. The molecular weight excluding hydrogens is 587 g/mol. The SMILES string of the molecule is CC(C)[Si](C)(C)OC(CCC1C(=O)N(c2ccc(F)cc2)C1c1ccc(OCCCCC[N+](C)(C)C)cc1)c1ccc(F)cc1. The molecule has 0 aromatic heterocycles. The van der Waals surface area contributed by atoms with Crippen LogP contribution in [0, 0.1) is 17.6 Å². The molecule has 244 valence electrons. The lowest BCUT2D eigenvalue weighted by Crippen LogP contribution is -2.55. The molecule has 45 heavy (non-hydrogen) atoms. The van der Waals surface area contributed by atoms with Crippen molar-refractivity contribution in [2.75, 3.05) is 39.2 Å². The number of anilines is 1. The number of hydrogen-bond donors (Lipinski definition) is 0. The zero-order valence-electron chi connectivity index (χ0n) is 28.1. The molecule has 1 aliphatic heterocycles. The van der Waals surface area contributed by atoms with Crippen LogP contribution in [-0.4, -0.2) is 53.0 Å². The van der Waals surface area contributed by atoms with Gasteiger partial charge in [0.25, 0.3) is 0 Å². The van der Waals surface area contributed by atoms with Crippen LogP contribution in [0.4, 0.5) is 14.5 Å². The molecule has 1 fully saturated rings. The monoisotopic (exact) mass is 637 g/mol. The van der Waals surface area contributed by atoms with Crippen molar-refractivity contribution in [2.24, 2.45) is 5.92 Å². The van der Waals surface area contributed by atoms with Gasteiger partial charge in [0, 0.05) is 5.69 Å². The molecule has 0 aliphatic carbocycles. The van der Waals surface area contributed by atoms with Gasteiger partial charge in [-0.15, -0.1) is 0 Å². The largest absolute Gasteiger partial charge is 0.494 e. The van der Waals surface area contributed by atoms with Crippen LogP contribution in [-0.2, 0) is 9.22 Å². The molecule has 0 radical (unpaired) electrons. The second-order valence-corrected chi connectivity index (χ2v) is 18.8. The van der Waals surface area contributed by atoms with E-state index in [1.165, 1.54) is 30.7 Å². The van der Waals surface area contributed by atoms with E-state index in [1.807, 2.05) is 24.3 Å². The van der Waals surface area contributed by atoms with Crippen LogP contribution in [0.2, 0.25) is 18.6 Å². The fourth-order valence-electron chi connectivity index (χ4n) is 5.72. The lowest BCUT2D eigenvalue weighted by molar-refractivity contribution is -0.870. The number of nitrogens with zero attached hydrogens (tertiary/aromatic N) is 2. The summed E-state index contributed by atoms with van der Waals surface area (Å²) < 4.78 is 41.3. The fraction of sp³-hybridized carbons (Fsp3) is 0.486. The molecule has 5 nitrogen and oxygen atoms in total. The highest BCUT2D eigenvalue weighted by Crippen LogP contribution is 2.47. The van der Waals surface area contributed by atoms with Crippen molar-refractivity contribution < 1.29 is 27.2 Å². The van der Waals surface area contributed by atoms with Crippen molar-refractivity contribution in [1.29, 1.82) is 0 Å². The molecule has 8 heteroatoms. The van der Waals surface area contributed by atoms with E-state index < -0.39 is 8.32 Å². The van der Waals surface area contributed by atoms with Crippen molar-refractivity contribution in [3.05, 3.63) is 95.6 Å². The van der Waals surface area contributed by atoms with Gasteiger partial charge in [0.1, 0.15) is 17.4 Å². The Labute approximate surface area is 269 Å². The van der Waals surface area contributed by atoms with Gasteiger partial charge in [0.05, 0.1) is 52.4 Å². The molecular formula is C37H51F2N2O3Si+. The summed E-state index contributed by atoms with van der Waals surface area (Å²) in [5.74, 6) is -0.0617. The Bertz CT molecular complexity index is 1370. The van der Waals surface area contributed by atoms with E-state index >= 15 is 0 Å². The topological polar surface area (TPSA) is 38.8 Å². The average Bonchev–Trinajstić information content (AvgIpc) is 2.98. The van der Waals surface area contributed by atoms with Gasteiger partial charge >= 0.3 is 0 Å². The Morgan fingerprint density at radius 2 is 1.44 bits per heavy atom. The van der Waals surface area contributed by atoms with Crippen molar-refractivity contribution >= 4 is 19.9 Å². The predicted molar refractivity (Wildman–Crippen MR) is 181 cm³/mol. The van der Waals surface area contributed by atoms with Gasteiger partial charge in [-0.05, 0) is 110 Å². The molecule has 1 heterocycles. The van der Waals surface area contributed by atoms with Crippen molar-refractivity contribution in [1.82, 2.24) is 0 Å². The van der Waals surface area contributed by atoms with Crippen molar-refractivity contribution in [3.8, 4) is 5.75 Å². The number of hydrogen-bond acceptors (Lipinski definition) is 3. The minimum Gasteiger partial charge on any atom is -0.494 e. The fourth-order valence-corrected chi connectivity index (χ4v) is 6.98. The van der Waals surface area contributed by atoms with Crippen LogP contribution in [0.5, 0.6) is 5.75 Å². The second kappa shape index (κ2) is 15.0. The summed E-state index contributed by atoms with van der Waals surface area (Å²) in [5.41, 5.74) is 3.01. The third-order valence-corrected chi connectivity index (χ3v) is 12.8.